The van der Waals surface area contributed by atoms with Crippen molar-refractivity contribution in [2.75, 3.05) is 44.8 Å². The Morgan fingerprint density at radius 1 is 1.50 bits per heavy atom. The van der Waals surface area contributed by atoms with E-state index in [1.807, 2.05) is 0 Å². The molecule has 0 aromatic carbocycles. The van der Waals surface area contributed by atoms with Crippen molar-refractivity contribution in [3.63, 3.8) is 0 Å². The second-order valence-corrected chi connectivity index (χ2v) is 4.18. The third kappa shape index (κ3) is 4.26. The average molecular weight is 266 g/mol. The number of hydrogen-bond donors (Lipinski definition) is 0. The van der Waals surface area contributed by atoms with E-state index in [1.54, 1.807) is 0 Å². The minimum atomic E-state index is 0.522. The summed E-state index contributed by atoms with van der Waals surface area (Å²) in [6.45, 7) is 7.62. The number of morpholine rings is 1. The van der Waals surface area contributed by atoms with Gasteiger partial charge in [-0.3, -0.25) is 4.90 Å². The second kappa shape index (κ2) is 7.63. The first-order valence-electron chi connectivity index (χ1n) is 5.34. The highest BCUT2D eigenvalue weighted by Gasteiger charge is 2.21. The van der Waals surface area contributed by atoms with Crippen LogP contribution in [0.4, 0.5) is 0 Å². The maximum atomic E-state index is 5.48. The summed E-state index contributed by atoms with van der Waals surface area (Å²) < 4.78 is 10.9. The molecule has 1 heterocycles. The van der Waals surface area contributed by atoms with Crippen LogP contribution in [0.5, 0.6) is 0 Å². The lowest BCUT2D eigenvalue weighted by molar-refractivity contribution is -0.0116. The number of rotatable bonds is 6. The Morgan fingerprint density at radius 2 is 2.36 bits per heavy atom. The first-order chi connectivity index (χ1) is 6.88. The standard InChI is InChI=1S/C10H20BrNO2/c1-2-5-13-6-3-12-4-7-14-9-10(12)8-11/h10H,2-9H2,1H3. The van der Waals surface area contributed by atoms with Gasteiger partial charge >= 0.3 is 0 Å². The van der Waals surface area contributed by atoms with Crippen LogP contribution in [0.3, 0.4) is 0 Å². The predicted molar refractivity (Wildman–Crippen MR) is 61.1 cm³/mol. The summed E-state index contributed by atoms with van der Waals surface area (Å²) in [7, 11) is 0. The molecule has 0 saturated carbocycles. The minimum absolute atomic E-state index is 0.522. The Labute approximate surface area is 94.9 Å². The van der Waals surface area contributed by atoms with Gasteiger partial charge in [-0.15, -0.1) is 0 Å². The monoisotopic (exact) mass is 265 g/mol. The maximum Gasteiger partial charge on any atom is 0.0630 e. The van der Waals surface area contributed by atoms with E-state index in [4.69, 9.17) is 9.47 Å². The molecule has 1 atom stereocenters. The quantitative estimate of drug-likeness (QED) is 0.537. The fourth-order valence-electron chi connectivity index (χ4n) is 1.55. The topological polar surface area (TPSA) is 21.7 Å². The van der Waals surface area contributed by atoms with Gasteiger partial charge in [0.15, 0.2) is 0 Å². The van der Waals surface area contributed by atoms with Gasteiger partial charge in [0.2, 0.25) is 0 Å². The van der Waals surface area contributed by atoms with Crippen molar-refractivity contribution in [1.29, 1.82) is 0 Å². The first-order valence-corrected chi connectivity index (χ1v) is 6.46. The zero-order chi connectivity index (χ0) is 10.2. The molecule has 1 rings (SSSR count). The van der Waals surface area contributed by atoms with Crippen molar-refractivity contribution >= 4 is 15.9 Å². The molecule has 0 N–H and O–H groups in total. The van der Waals surface area contributed by atoms with Crippen LogP contribution in [-0.4, -0.2) is 55.8 Å². The summed E-state index contributed by atoms with van der Waals surface area (Å²) in [5, 5.41) is 0.987. The van der Waals surface area contributed by atoms with Crippen LogP contribution in [0, 0.1) is 0 Å². The van der Waals surface area contributed by atoms with E-state index in [-0.39, 0.29) is 0 Å². The van der Waals surface area contributed by atoms with E-state index in [1.165, 1.54) is 0 Å². The highest BCUT2D eigenvalue weighted by molar-refractivity contribution is 9.09. The molecule has 0 bridgehead atoms. The van der Waals surface area contributed by atoms with Gasteiger partial charge in [-0.1, -0.05) is 22.9 Å². The molecule has 1 fully saturated rings. The van der Waals surface area contributed by atoms with Gasteiger partial charge in [0.25, 0.3) is 0 Å². The van der Waals surface area contributed by atoms with Gasteiger partial charge in [0, 0.05) is 31.1 Å². The molecule has 4 heteroatoms. The van der Waals surface area contributed by atoms with Gasteiger partial charge in [-0.05, 0) is 6.42 Å². The smallest absolute Gasteiger partial charge is 0.0630 e. The second-order valence-electron chi connectivity index (χ2n) is 3.53. The van der Waals surface area contributed by atoms with Crippen LogP contribution in [0.2, 0.25) is 0 Å². The van der Waals surface area contributed by atoms with Crippen molar-refractivity contribution in [3.05, 3.63) is 0 Å². The Kier molecular flexibility index (Phi) is 6.77. The molecule has 0 radical (unpaired) electrons. The lowest BCUT2D eigenvalue weighted by Gasteiger charge is -2.34. The van der Waals surface area contributed by atoms with E-state index in [0.717, 1.165) is 51.3 Å². The third-order valence-electron chi connectivity index (χ3n) is 2.40. The van der Waals surface area contributed by atoms with Crippen LogP contribution >= 0.6 is 15.9 Å². The molecule has 1 unspecified atom stereocenters. The third-order valence-corrected chi connectivity index (χ3v) is 3.15. The van der Waals surface area contributed by atoms with Crippen LogP contribution in [-0.2, 0) is 9.47 Å². The molecular weight excluding hydrogens is 246 g/mol. The molecule has 1 saturated heterocycles. The first kappa shape index (κ1) is 12.4. The molecule has 0 spiro atoms. The molecular formula is C10H20BrNO2. The largest absolute Gasteiger partial charge is 0.380 e. The molecule has 84 valence electrons. The number of halogens is 1. The van der Waals surface area contributed by atoms with E-state index in [2.05, 4.69) is 27.8 Å². The van der Waals surface area contributed by atoms with Gasteiger partial charge < -0.3 is 9.47 Å². The Bertz CT molecular complexity index is 146. The minimum Gasteiger partial charge on any atom is -0.380 e. The Balaban J connectivity index is 2.13. The summed E-state index contributed by atoms with van der Waals surface area (Å²) in [6.07, 6.45) is 1.10. The summed E-state index contributed by atoms with van der Waals surface area (Å²) in [4.78, 5) is 2.44. The van der Waals surface area contributed by atoms with Gasteiger partial charge in [0.05, 0.1) is 19.8 Å². The summed E-state index contributed by atoms with van der Waals surface area (Å²) >= 11 is 3.51. The van der Waals surface area contributed by atoms with Crippen LogP contribution in [0.1, 0.15) is 13.3 Å². The van der Waals surface area contributed by atoms with Crippen molar-refractivity contribution in [2.24, 2.45) is 0 Å². The number of alkyl halides is 1. The fraction of sp³-hybridized carbons (Fsp3) is 1.00. The highest BCUT2D eigenvalue weighted by Crippen LogP contribution is 2.08. The summed E-state index contributed by atoms with van der Waals surface area (Å²) in [5.41, 5.74) is 0. The van der Waals surface area contributed by atoms with Crippen LogP contribution < -0.4 is 0 Å². The SMILES string of the molecule is CCCOCCN1CCOCC1CBr. The molecule has 0 aliphatic carbocycles. The zero-order valence-corrected chi connectivity index (χ0v) is 10.5. The molecule has 0 aromatic heterocycles. The number of hydrogen-bond acceptors (Lipinski definition) is 3. The molecule has 0 amide bonds. The summed E-state index contributed by atoms with van der Waals surface area (Å²) in [6, 6.07) is 0.522. The van der Waals surface area contributed by atoms with E-state index in [0.29, 0.717) is 6.04 Å². The maximum absolute atomic E-state index is 5.48. The van der Waals surface area contributed by atoms with Crippen LogP contribution in [0.25, 0.3) is 0 Å². The number of ether oxygens (including phenoxy) is 2. The predicted octanol–water partition coefficient (Wildman–Crippen LogP) is 1.51. The summed E-state index contributed by atoms with van der Waals surface area (Å²) in [5.74, 6) is 0. The Hall–Kier alpha value is 0.360. The van der Waals surface area contributed by atoms with Crippen LogP contribution in [0.15, 0.2) is 0 Å². The molecule has 1 aliphatic rings. The lowest BCUT2D eigenvalue weighted by atomic mass is 10.2. The normalized spacial score (nSPS) is 24.0. The van der Waals surface area contributed by atoms with Gasteiger partial charge in [0.1, 0.15) is 0 Å². The van der Waals surface area contributed by atoms with Gasteiger partial charge in [-0.25, -0.2) is 0 Å². The molecule has 0 aromatic rings. The number of nitrogens with zero attached hydrogens (tertiary/aromatic N) is 1. The van der Waals surface area contributed by atoms with Crippen molar-refractivity contribution in [2.45, 2.75) is 19.4 Å². The van der Waals surface area contributed by atoms with Crippen molar-refractivity contribution < 1.29 is 9.47 Å². The van der Waals surface area contributed by atoms with Gasteiger partial charge in [-0.2, -0.15) is 0 Å². The average Bonchev–Trinajstić information content (AvgIpc) is 2.25. The highest BCUT2D eigenvalue weighted by atomic mass is 79.9. The van der Waals surface area contributed by atoms with Crippen molar-refractivity contribution in [3.8, 4) is 0 Å². The van der Waals surface area contributed by atoms with E-state index >= 15 is 0 Å². The molecule has 14 heavy (non-hydrogen) atoms. The van der Waals surface area contributed by atoms with E-state index < -0.39 is 0 Å². The zero-order valence-electron chi connectivity index (χ0n) is 8.88. The van der Waals surface area contributed by atoms with Crippen molar-refractivity contribution in [1.82, 2.24) is 4.90 Å². The fourth-order valence-corrected chi connectivity index (χ4v) is 2.15. The Morgan fingerprint density at radius 3 is 3.07 bits per heavy atom. The van der Waals surface area contributed by atoms with E-state index in [9.17, 15) is 0 Å². The molecule has 1 aliphatic heterocycles. The lowest BCUT2D eigenvalue weighted by Crippen LogP contribution is -2.47. The molecule has 3 nitrogen and oxygen atoms in total.